The van der Waals surface area contributed by atoms with Crippen LogP contribution < -0.4 is 10.6 Å². The summed E-state index contributed by atoms with van der Waals surface area (Å²) in [5.41, 5.74) is 7.67. The number of nitrogen functional groups attached to an aromatic ring is 1. The summed E-state index contributed by atoms with van der Waals surface area (Å²) in [7, 11) is 1.69. The lowest BCUT2D eigenvalue weighted by molar-refractivity contribution is 0.0993. The number of halogens is 2. The van der Waals surface area contributed by atoms with E-state index in [9.17, 15) is 4.79 Å². The predicted molar refractivity (Wildman–Crippen MR) is 85.6 cm³/mol. The van der Waals surface area contributed by atoms with Gasteiger partial charge in [-0.3, -0.25) is 4.79 Å². The second-order valence-electron chi connectivity index (χ2n) is 3.71. The summed E-state index contributed by atoms with van der Waals surface area (Å²) < 4.78 is 1.07. The fraction of sp³-hybridized carbons (Fsp3) is 0.0833. The first kappa shape index (κ1) is 13.6. The monoisotopic (exact) mass is 392 g/mol. The Labute approximate surface area is 128 Å². The maximum absolute atomic E-state index is 12.3. The Morgan fingerprint density at radius 1 is 1.44 bits per heavy atom. The van der Waals surface area contributed by atoms with Crippen LogP contribution in [0.5, 0.6) is 0 Å². The van der Waals surface area contributed by atoms with Gasteiger partial charge in [-0.25, -0.2) is 0 Å². The van der Waals surface area contributed by atoms with Gasteiger partial charge in [-0.05, 0) is 46.9 Å². The Balaban J connectivity index is 2.33. The van der Waals surface area contributed by atoms with Crippen LogP contribution in [0.2, 0.25) is 5.02 Å². The normalized spacial score (nSPS) is 10.4. The Bertz CT molecular complexity index is 600. The van der Waals surface area contributed by atoms with Crippen LogP contribution in [0.1, 0.15) is 10.4 Å². The molecule has 1 aromatic heterocycles. The first-order valence-electron chi connectivity index (χ1n) is 5.06. The van der Waals surface area contributed by atoms with Crippen LogP contribution in [0.15, 0.2) is 29.6 Å². The Hall–Kier alpha value is -0.790. The van der Waals surface area contributed by atoms with Gasteiger partial charge >= 0.3 is 0 Å². The highest BCUT2D eigenvalue weighted by Crippen LogP contribution is 2.28. The number of nitrogens with zero attached hydrogens (tertiary/aromatic N) is 1. The zero-order valence-corrected chi connectivity index (χ0v) is 13.2. The second kappa shape index (κ2) is 5.46. The molecule has 18 heavy (non-hydrogen) atoms. The molecule has 1 aromatic carbocycles. The predicted octanol–water partition coefficient (Wildman–Crippen LogP) is 3.86. The molecule has 0 fully saturated rings. The van der Waals surface area contributed by atoms with E-state index in [-0.39, 0.29) is 5.91 Å². The van der Waals surface area contributed by atoms with Crippen molar-refractivity contribution in [3.05, 3.63) is 43.1 Å². The zero-order chi connectivity index (χ0) is 13.3. The summed E-state index contributed by atoms with van der Waals surface area (Å²) in [5.74, 6) is -0.0943. The summed E-state index contributed by atoms with van der Waals surface area (Å²) in [4.78, 5) is 13.8. The molecule has 0 aliphatic heterocycles. The summed E-state index contributed by atoms with van der Waals surface area (Å²) in [6.45, 7) is 0. The summed E-state index contributed by atoms with van der Waals surface area (Å²) >= 11 is 9.64. The maximum atomic E-state index is 12.3. The number of anilines is 2. The second-order valence-corrected chi connectivity index (χ2v) is 6.95. The fourth-order valence-corrected chi connectivity index (χ4v) is 3.02. The van der Waals surface area contributed by atoms with Crippen molar-refractivity contribution in [3.8, 4) is 0 Å². The molecule has 0 atom stereocenters. The van der Waals surface area contributed by atoms with Gasteiger partial charge in [-0.1, -0.05) is 11.6 Å². The summed E-state index contributed by atoms with van der Waals surface area (Å²) in [5, 5.41) is 2.39. The smallest absolute Gasteiger partial charge is 0.258 e. The SMILES string of the molecule is CN(C(=O)c1csc(I)c1)c1cc(Cl)ccc1N. The molecule has 0 radical (unpaired) electrons. The molecule has 94 valence electrons. The van der Waals surface area contributed by atoms with Gasteiger partial charge in [0.15, 0.2) is 0 Å². The summed E-state index contributed by atoms with van der Waals surface area (Å²) in [6, 6.07) is 6.93. The van der Waals surface area contributed by atoms with E-state index in [2.05, 4.69) is 22.6 Å². The molecule has 3 nitrogen and oxygen atoms in total. The average molecular weight is 393 g/mol. The van der Waals surface area contributed by atoms with Crippen LogP contribution >= 0.6 is 45.5 Å². The third-order valence-electron chi connectivity index (χ3n) is 2.47. The van der Waals surface area contributed by atoms with Gasteiger partial charge < -0.3 is 10.6 Å². The number of thiophene rings is 1. The maximum Gasteiger partial charge on any atom is 0.258 e. The van der Waals surface area contributed by atoms with Gasteiger partial charge in [0, 0.05) is 17.5 Å². The summed E-state index contributed by atoms with van der Waals surface area (Å²) in [6.07, 6.45) is 0. The standard InChI is InChI=1S/C12H10ClIN2OS/c1-16(10-5-8(13)2-3-9(10)15)12(17)7-4-11(14)18-6-7/h2-6H,15H2,1H3. The first-order chi connectivity index (χ1) is 8.49. The molecule has 0 spiro atoms. The van der Waals surface area contributed by atoms with Crippen LogP contribution in [0.3, 0.4) is 0 Å². The third kappa shape index (κ3) is 2.78. The molecule has 0 aliphatic rings. The van der Waals surface area contributed by atoms with Crippen molar-refractivity contribution in [1.29, 1.82) is 0 Å². The minimum absolute atomic E-state index is 0.0943. The minimum Gasteiger partial charge on any atom is -0.397 e. The molecule has 0 aliphatic carbocycles. The van der Waals surface area contributed by atoms with E-state index in [1.165, 1.54) is 16.2 Å². The highest BCUT2D eigenvalue weighted by atomic mass is 127. The highest BCUT2D eigenvalue weighted by molar-refractivity contribution is 14.1. The van der Waals surface area contributed by atoms with Gasteiger partial charge in [0.2, 0.25) is 0 Å². The molecule has 2 N–H and O–H groups in total. The van der Waals surface area contributed by atoms with Gasteiger partial charge in [0.25, 0.3) is 5.91 Å². The number of rotatable bonds is 2. The molecule has 0 saturated carbocycles. The average Bonchev–Trinajstić information content (AvgIpc) is 2.77. The number of nitrogens with two attached hydrogens (primary N) is 1. The molecular weight excluding hydrogens is 383 g/mol. The van der Waals surface area contributed by atoms with E-state index < -0.39 is 0 Å². The zero-order valence-electron chi connectivity index (χ0n) is 9.48. The molecule has 1 heterocycles. The lowest BCUT2D eigenvalue weighted by Gasteiger charge is -2.18. The molecule has 6 heteroatoms. The van der Waals surface area contributed by atoms with Crippen LogP contribution in [-0.2, 0) is 0 Å². The van der Waals surface area contributed by atoms with Gasteiger partial charge in [0.1, 0.15) is 0 Å². The van der Waals surface area contributed by atoms with Crippen LogP contribution in [0.25, 0.3) is 0 Å². The van der Waals surface area contributed by atoms with Crippen LogP contribution in [0, 0.1) is 2.88 Å². The van der Waals surface area contributed by atoms with E-state index in [1.54, 1.807) is 25.2 Å². The van der Waals surface area contributed by atoms with Crippen LogP contribution in [0.4, 0.5) is 11.4 Å². The Morgan fingerprint density at radius 2 is 2.17 bits per heavy atom. The largest absolute Gasteiger partial charge is 0.397 e. The van der Waals surface area contributed by atoms with Crippen LogP contribution in [-0.4, -0.2) is 13.0 Å². The van der Waals surface area contributed by atoms with E-state index in [0.29, 0.717) is 22.0 Å². The van der Waals surface area contributed by atoms with Crippen molar-refractivity contribution in [3.63, 3.8) is 0 Å². The number of carbonyl (C=O) groups is 1. The van der Waals surface area contributed by atoms with Gasteiger partial charge in [0.05, 0.1) is 19.8 Å². The van der Waals surface area contributed by atoms with Gasteiger partial charge in [-0.2, -0.15) is 0 Å². The van der Waals surface area contributed by atoms with Crippen molar-refractivity contribution in [2.24, 2.45) is 0 Å². The molecule has 2 rings (SSSR count). The van der Waals surface area contributed by atoms with Crippen molar-refractivity contribution >= 4 is 62.8 Å². The lowest BCUT2D eigenvalue weighted by Crippen LogP contribution is -2.26. The molecule has 1 amide bonds. The Morgan fingerprint density at radius 3 is 2.78 bits per heavy atom. The minimum atomic E-state index is -0.0943. The molecule has 2 aromatic rings. The highest BCUT2D eigenvalue weighted by Gasteiger charge is 2.17. The molecule has 0 bridgehead atoms. The lowest BCUT2D eigenvalue weighted by atomic mass is 10.2. The number of amides is 1. The Kier molecular flexibility index (Phi) is 4.14. The molecular formula is C12H10ClIN2OS. The molecule has 0 saturated heterocycles. The third-order valence-corrected chi connectivity index (χ3v) is 4.50. The van der Waals surface area contributed by atoms with Gasteiger partial charge in [-0.15, -0.1) is 11.3 Å². The van der Waals surface area contributed by atoms with Crippen molar-refractivity contribution < 1.29 is 4.79 Å². The van der Waals surface area contributed by atoms with Crippen molar-refractivity contribution in [2.75, 3.05) is 17.7 Å². The van der Waals surface area contributed by atoms with E-state index in [1.807, 2.05) is 11.4 Å². The topological polar surface area (TPSA) is 46.3 Å². The number of benzene rings is 1. The number of hydrogen-bond acceptors (Lipinski definition) is 3. The first-order valence-corrected chi connectivity index (χ1v) is 7.40. The van der Waals surface area contributed by atoms with E-state index >= 15 is 0 Å². The number of hydrogen-bond donors (Lipinski definition) is 1. The van der Waals surface area contributed by atoms with Crippen molar-refractivity contribution in [2.45, 2.75) is 0 Å². The van der Waals surface area contributed by atoms with E-state index in [4.69, 9.17) is 17.3 Å². The molecule has 0 unspecified atom stereocenters. The fourth-order valence-electron chi connectivity index (χ4n) is 1.53. The number of carbonyl (C=O) groups excluding carboxylic acids is 1. The van der Waals surface area contributed by atoms with Crippen molar-refractivity contribution in [1.82, 2.24) is 0 Å². The quantitative estimate of drug-likeness (QED) is 0.623. The van der Waals surface area contributed by atoms with E-state index in [0.717, 1.165) is 2.88 Å².